The molecule has 5 heteroatoms. The van der Waals surface area contributed by atoms with Crippen LogP contribution >= 0.6 is 0 Å². The first-order chi connectivity index (χ1) is 10.2. The number of hydrogen-bond donors (Lipinski definition) is 2. The van der Waals surface area contributed by atoms with Gasteiger partial charge in [0.25, 0.3) is 0 Å². The van der Waals surface area contributed by atoms with Crippen LogP contribution in [0.2, 0.25) is 0 Å². The van der Waals surface area contributed by atoms with Gasteiger partial charge in [0.15, 0.2) is 0 Å². The number of ether oxygens (including phenoxy) is 2. The molecular formula is C16H24N2O3. The second kappa shape index (κ2) is 8.00. The maximum Gasteiger partial charge on any atom is 0.227 e. The minimum atomic E-state index is 0.0202. The molecule has 0 bridgehead atoms. The molecule has 1 aliphatic rings. The van der Waals surface area contributed by atoms with Crippen LogP contribution in [0.15, 0.2) is 24.3 Å². The Morgan fingerprint density at radius 3 is 3.00 bits per heavy atom. The summed E-state index contributed by atoms with van der Waals surface area (Å²) in [6.07, 6.45) is 3.74. The Balaban J connectivity index is 1.89. The van der Waals surface area contributed by atoms with Crippen LogP contribution in [-0.2, 0) is 9.53 Å². The summed E-state index contributed by atoms with van der Waals surface area (Å²) in [5, 5.41) is 2.96. The highest BCUT2D eigenvalue weighted by atomic mass is 16.5. The van der Waals surface area contributed by atoms with Gasteiger partial charge in [0.05, 0.1) is 6.61 Å². The Bertz CT molecular complexity index is 465. The van der Waals surface area contributed by atoms with Crippen molar-refractivity contribution in [2.75, 3.05) is 25.6 Å². The third kappa shape index (κ3) is 5.02. The number of carbonyl (C=O) groups excluding carboxylic acids is 1. The molecular weight excluding hydrogens is 268 g/mol. The van der Waals surface area contributed by atoms with Crippen LogP contribution in [0.5, 0.6) is 5.75 Å². The second-order valence-electron chi connectivity index (χ2n) is 5.48. The number of benzene rings is 1. The molecule has 116 valence electrons. The minimum Gasteiger partial charge on any atom is -0.491 e. The topological polar surface area (TPSA) is 73.6 Å². The largest absolute Gasteiger partial charge is 0.491 e. The SMILES string of the molecule is COCCOc1cccc(NC(=O)C2CCCC(N)C2)c1. The molecule has 1 aliphatic carbocycles. The van der Waals surface area contributed by atoms with Gasteiger partial charge in [-0.25, -0.2) is 0 Å². The summed E-state index contributed by atoms with van der Waals surface area (Å²) in [7, 11) is 1.63. The molecule has 5 nitrogen and oxygen atoms in total. The van der Waals surface area contributed by atoms with Gasteiger partial charge >= 0.3 is 0 Å². The molecule has 1 saturated carbocycles. The molecule has 0 radical (unpaired) electrons. The van der Waals surface area contributed by atoms with Gasteiger partial charge in [-0.2, -0.15) is 0 Å². The lowest BCUT2D eigenvalue weighted by Gasteiger charge is -2.25. The van der Waals surface area contributed by atoms with E-state index in [1.54, 1.807) is 7.11 Å². The number of hydrogen-bond acceptors (Lipinski definition) is 4. The van der Waals surface area contributed by atoms with Gasteiger partial charge < -0.3 is 20.5 Å². The Morgan fingerprint density at radius 1 is 1.38 bits per heavy atom. The molecule has 1 aromatic rings. The molecule has 2 atom stereocenters. The van der Waals surface area contributed by atoms with Gasteiger partial charge in [-0.15, -0.1) is 0 Å². The zero-order valence-electron chi connectivity index (χ0n) is 12.5. The molecule has 2 unspecified atom stereocenters. The van der Waals surface area contributed by atoms with Gasteiger partial charge in [0.1, 0.15) is 12.4 Å². The lowest BCUT2D eigenvalue weighted by molar-refractivity contribution is -0.120. The lowest BCUT2D eigenvalue weighted by Crippen LogP contribution is -2.34. The van der Waals surface area contributed by atoms with Gasteiger partial charge in [-0.05, 0) is 31.4 Å². The number of amides is 1. The molecule has 3 N–H and O–H groups in total. The van der Waals surface area contributed by atoms with Crippen LogP contribution in [0.25, 0.3) is 0 Å². The molecule has 21 heavy (non-hydrogen) atoms. The van der Waals surface area contributed by atoms with Crippen LogP contribution in [0.3, 0.4) is 0 Å². The van der Waals surface area contributed by atoms with Crippen LogP contribution in [0, 0.1) is 5.92 Å². The number of rotatable bonds is 6. The Labute approximate surface area is 125 Å². The summed E-state index contributed by atoms with van der Waals surface area (Å²) < 4.78 is 10.5. The number of carbonyl (C=O) groups is 1. The van der Waals surface area contributed by atoms with E-state index in [-0.39, 0.29) is 17.9 Å². The fourth-order valence-corrected chi connectivity index (χ4v) is 2.62. The molecule has 0 aromatic heterocycles. The van der Waals surface area contributed by atoms with Crippen molar-refractivity contribution in [1.82, 2.24) is 0 Å². The van der Waals surface area contributed by atoms with Crippen LogP contribution in [0.1, 0.15) is 25.7 Å². The first kappa shape index (κ1) is 15.8. The van der Waals surface area contributed by atoms with Gasteiger partial charge in [-0.3, -0.25) is 4.79 Å². The first-order valence-electron chi connectivity index (χ1n) is 7.47. The minimum absolute atomic E-state index is 0.0202. The van der Waals surface area contributed by atoms with E-state index in [2.05, 4.69) is 5.32 Å². The van der Waals surface area contributed by atoms with E-state index in [1.807, 2.05) is 24.3 Å². The zero-order chi connectivity index (χ0) is 15.1. The quantitative estimate of drug-likeness (QED) is 0.788. The first-order valence-corrected chi connectivity index (χ1v) is 7.47. The van der Waals surface area contributed by atoms with Crippen molar-refractivity contribution in [2.24, 2.45) is 11.7 Å². The molecule has 0 aliphatic heterocycles. The molecule has 1 amide bonds. The standard InChI is InChI=1S/C16H24N2O3/c1-20-8-9-21-15-7-3-6-14(11-15)18-16(19)12-4-2-5-13(17)10-12/h3,6-7,11-13H,2,4-5,8-10,17H2,1H3,(H,18,19). The van der Waals surface area contributed by atoms with E-state index in [4.69, 9.17) is 15.2 Å². The van der Waals surface area contributed by atoms with Crippen LogP contribution in [0.4, 0.5) is 5.69 Å². The van der Waals surface area contributed by atoms with E-state index in [1.165, 1.54) is 0 Å². The highest BCUT2D eigenvalue weighted by Gasteiger charge is 2.25. The summed E-state index contributed by atoms with van der Waals surface area (Å²) in [6, 6.07) is 7.57. The molecule has 2 rings (SSSR count). The maximum absolute atomic E-state index is 12.3. The van der Waals surface area contributed by atoms with Crippen molar-refractivity contribution < 1.29 is 14.3 Å². The van der Waals surface area contributed by atoms with E-state index >= 15 is 0 Å². The smallest absolute Gasteiger partial charge is 0.227 e. The maximum atomic E-state index is 12.3. The third-order valence-corrected chi connectivity index (χ3v) is 3.74. The molecule has 0 heterocycles. The fraction of sp³-hybridized carbons (Fsp3) is 0.562. The predicted octanol–water partition coefficient (Wildman–Crippen LogP) is 2.17. The average Bonchev–Trinajstić information content (AvgIpc) is 2.48. The number of nitrogens with one attached hydrogen (secondary N) is 1. The van der Waals surface area contributed by atoms with Gasteiger partial charge in [-0.1, -0.05) is 12.5 Å². The van der Waals surface area contributed by atoms with Crippen molar-refractivity contribution in [2.45, 2.75) is 31.7 Å². The third-order valence-electron chi connectivity index (χ3n) is 3.74. The fourth-order valence-electron chi connectivity index (χ4n) is 2.62. The van der Waals surface area contributed by atoms with Crippen molar-refractivity contribution in [3.8, 4) is 5.75 Å². The zero-order valence-corrected chi connectivity index (χ0v) is 12.5. The number of anilines is 1. The van der Waals surface area contributed by atoms with E-state index in [9.17, 15) is 4.79 Å². The van der Waals surface area contributed by atoms with Crippen LogP contribution in [-0.4, -0.2) is 32.3 Å². The van der Waals surface area contributed by atoms with Crippen molar-refractivity contribution in [3.63, 3.8) is 0 Å². The monoisotopic (exact) mass is 292 g/mol. The summed E-state index contributed by atoms with van der Waals surface area (Å²) >= 11 is 0. The van der Waals surface area contributed by atoms with Crippen molar-refractivity contribution in [3.05, 3.63) is 24.3 Å². The molecule has 1 aromatic carbocycles. The Hall–Kier alpha value is -1.59. The average molecular weight is 292 g/mol. The van der Waals surface area contributed by atoms with E-state index < -0.39 is 0 Å². The summed E-state index contributed by atoms with van der Waals surface area (Å²) in [5.74, 6) is 0.802. The van der Waals surface area contributed by atoms with Gasteiger partial charge in [0.2, 0.25) is 5.91 Å². The van der Waals surface area contributed by atoms with Crippen molar-refractivity contribution in [1.29, 1.82) is 0 Å². The molecule has 1 fully saturated rings. The van der Waals surface area contributed by atoms with E-state index in [0.717, 1.165) is 37.1 Å². The molecule has 0 saturated heterocycles. The van der Waals surface area contributed by atoms with E-state index in [0.29, 0.717) is 13.2 Å². The Morgan fingerprint density at radius 2 is 2.24 bits per heavy atom. The van der Waals surface area contributed by atoms with Crippen molar-refractivity contribution >= 4 is 11.6 Å². The lowest BCUT2D eigenvalue weighted by atomic mass is 9.85. The summed E-state index contributed by atoms with van der Waals surface area (Å²) in [6.45, 7) is 1.03. The predicted molar refractivity (Wildman–Crippen MR) is 82.4 cm³/mol. The summed E-state index contributed by atoms with van der Waals surface area (Å²) in [4.78, 5) is 12.3. The van der Waals surface area contributed by atoms with Gasteiger partial charge in [0, 0.05) is 30.8 Å². The van der Waals surface area contributed by atoms with Crippen LogP contribution < -0.4 is 15.8 Å². The Kier molecular flexibility index (Phi) is 6.02. The number of nitrogens with two attached hydrogens (primary N) is 1. The summed E-state index contributed by atoms with van der Waals surface area (Å²) in [5.41, 5.74) is 6.69. The highest BCUT2D eigenvalue weighted by Crippen LogP contribution is 2.25. The number of methoxy groups -OCH3 is 1. The molecule has 0 spiro atoms. The normalized spacial score (nSPS) is 21.8. The second-order valence-corrected chi connectivity index (χ2v) is 5.48. The highest BCUT2D eigenvalue weighted by molar-refractivity contribution is 5.92.